The number of benzene rings is 1. The summed E-state index contributed by atoms with van der Waals surface area (Å²) in [6, 6.07) is 4.86. The highest BCUT2D eigenvalue weighted by Gasteiger charge is 2.14. The summed E-state index contributed by atoms with van der Waals surface area (Å²) in [6.07, 6.45) is 6.72. The van der Waals surface area contributed by atoms with Crippen molar-refractivity contribution < 1.29 is 8.42 Å². The maximum atomic E-state index is 12.2. The van der Waals surface area contributed by atoms with E-state index < -0.39 is 10.0 Å². The Kier molecular flexibility index (Phi) is 4.98. The Balaban J connectivity index is 1.93. The van der Waals surface area contributed by atoms with Crippen molar-refractivity contribution in [3.8, 4) is 0 Å². The van der Waals surface area contributed by atoms with Gasteiger partial charge in [0.25, 0.3) is 0 Å². The molecule has 1 aromatic carbocycles. The van der Waals surface area contributed by atoms with Gasteiger partial charge >= 0.3 is 0 Å². The second-order valence-corrected chi connectivity index (χ2v) is 6.53. The van der Waals surface area contributed by atoms with Crippen molar-refractivity contribution in [3.63, 3.8) is 0 Å². The Hall–Kier alpha value is -1.86. The van der Waals surface area contributed by atoms with Crippen LogP contribution in [0.2, 0.25) is 0 Å². The fourth-order valence-electron chi connectivity index (χ4n) is 2.03. The second-order valence-electron chi connectivity index (χ2n) is 4.77. The third-order valence-electron chi connectivity index (χ3n) is 3.25. The van der Waals surface area contributed by atoms with Crippen molar-refractivity contribution in [2.45, 2.75) is 31.2 Å². The normalized spacial score (nSPS) is 11.7. The number of aryl methyl sites for hydroxylation is 2. The van der Waals surface area contributed by atoms with E-state index in [0.717, 1.165) is 18.5 Å². The number of nitrogens with one attached hydrogen (secondary N) is 1. The van der Waals surface area contributed by atoms with Gasteiger partial charge < -0.3 is 10.3 Å². The van der Waals surface area contributed by atoms with E-state index in [9.17, 15) is 8.42 Å². The van der Waals surface area contributed by atoms with Gasteiger partial charge in [-0.1, -0.05) is 13.0 Å². The first-order chi connectivity index (χ1) is 10.0. The van der Waals surface area contributed by atoms with Gasteiger partial charge in [-0.05, 0) is 30.5 Å². The highest BCUT2D eigenvalue weighted by Crippen LogP contribution is 2.18. The zero-order chi connectivity index (χ0) is 15.3. The van der Waals surface area contributed by atoms with E-state index in [2.05, 4.69) is 9.71 Å². The zero-order valence-electron chi connectivity index (χ0n) is 12.0. The number of rotatable bonds is 7. The van der Waals surface area contributed by atoms with Crippen LogP contribution in [0.25, 0.3) is 0 Å². The van der Waals surface area contributed by atoms with Crippen molar-refractivity contribution in [2.75, 3.05) is 12.3 Å². The van der Waals surface area contributed by atoms with E-state index in [1.54, 1.807) is 24.7 Å². The quantitative estimate of drug-likeness (QED) is 0.597. The van der Waals surface area contributed by atoms with E-state index in [-0.39, 0.29) is 4.90 Å². The van der Waals surface area contributed by atoms with Gasteiger partial charge in [-0.15, -0.1) is 0 Å². The largest absolute Gasteiger partial charge is 0.398 e. The lowest BCUT2D eigenvalue weighted by Crippen LogP contribution is -2.25. The SMILES string of the molecule is CCc1ccc(S(=O)(=O)NCCCn2ccnc2)cc1N. The molecule has 114 valence electrons. The van der Waals surface area contributed by atoms with Gasteiger partial charge in [0.05, 0.1) is 11.2 Å². The van der Waals surface area contributed by atoms with E-state index in [1.807, 2.05) is 17.7 Å². The predicted octanol–water partition coefficient (Wildman–Crippen LogP) is 1.40. The molecule has 0 amide bonds. The minimum atomic E-state index is -3.50. The molecule has 0 aliphatic carbocycles. The molecule has 2 aromatic rings. The lowest BCUT2D eigenvalue weighted by Gasteiger charge is -2.09. The Morgan fingerprint density at radius 2 is 2.19 bits per heavy atom. The number of nitrogens with zero attached hydrogens (tertiary/aromatic N) is 2. The molecule has 0 aliphatic heterocycles. The summed E-state index contributed by atoms with van der Waals surface area (Å²) >= 11 is 0. The molecule has 6 nitrogen and oxygen atoms in total. The maximum absolute atomic E-state index is 12.2. The van der Waals surface area contributed by atoms with Crippen molar-refractivity contribution in [1.29, 1.82) is 0 Å². The van der Waals surface area contributed by atoms with Crippen LogP contribution in [0.1, 0.15) is 18.9 Å². The van der Waals surface area contributed by atoms with Gasteiger partial charge in [-0.25, -0.2) is 18.1 Å². The van der Waals surface area contributed by atoms with Gasteiger partial charge in [-0.2, -0.15) is 0 Å². The van der Waals surface area contributed by atoms with Gasteiger partial charge in [0.15, 0.2) is 0 Å². The average Bonchev–Trinajstić information content (AvgIpc) is 2.97. The lowest BCUT2D eigenvalue weighted by atomic mass is 10.1. The highest BCUT2D eigenvalue weighted by molar-refractivity contribution is 7.89. The molecule has 0 saturated heterocycles. The van der Waals surface area contributed by atoms with Crippen molar-refractivity contribution in [3.05, 3.63) is 42.5 Å². The van der Waals surface area contributed by atoms with Crippen LogP contribution in [-0.2, 0) is 23.0 Å². The van der Waals surface area contributed by atoms with Crippen LogP contribution in [-0.4, -0.2) is 24.5 Å². The lowest BCUT2D eigenvalue weighted by molar-refractivity contribution is 0.570. The molecule has 0 spiro atoms. The summed E-state index contributed by atoms with van der Waals surface area (Å²) in [5, 5.41) is 0. The molecule has 0 aliphatic rings. The molecule has 0 atom stereocenters. The topological polar surface area (TPSA) is 90.0 Å². The number of hydrogen-bond acceptors (Lipinski definition) is 4. The monoisotopic (exact) mass is 308 g/mol. The van der Waals surface area contributed by atoms with E-state index in [4.69, 9.17) is 5.73 Å². The molecule has 0 radical (unpaired) electrons. The minimum Gasteiger partial charge on any atom is -0.398 e. The van der Waals surface area contributed by atoms with Crippen LogP contribution in [0.4, 0.5) is 5.69 Å². The number of aromatic nitrogens is 2. The summed E-state index contributed by atoms with van der Waals surface area (Å²) in [4.78, 5) is 4.14. The van der Waals surface area contributed by atoms with Crippen molar-refractivity contribution in [2.24, 2.45) is 0 Å². The molecule has 0 saturated carbocycles. The van der Waals surface area contributed by atoms with E-state index in [1.165, 1.54) is 6.07 Å². The third-order valence-corrected chi connectivity index (χ3v) is 4.71. The summed E-state index contributed by atoms with van der Waals surface area (Å²) in [5.41, 5.74) is 7.31. The molecule has 2 rings (SSSR count). The summed E-state index contributed by atoms with van der Waals surface area (Å²) in [5.74, 6) is 0. The molecule has 0 fully saturated rings. The fraction of sp³-hybridized carbons (Fsp3) is 0.357. The first kappa shape index (κ1) is 15.5. The smallest absolute Gasteiger partial charge is 0.240 e. The average molecular weight is 308 g/mol. The number of anilines is 1. The molecule has 1 aromatic heterocycles. The highest BCUT2D eigenvalue weighted by atomic mass is 32.2. The molecule has 0 bridgehead atoms. The summed E-state index contributed by atoms with van der Waals surface area (Å²) in [7, 11) is -3.50. The van der Waals surface area contributed by atoms with E-state index >= 15 is 0 Å². The van der Waals surface area contributed by atoms with Gasteiger partial charge in [0.1, 0.15) is 0 Å². The molecular weight excluding hydrogens is 288 g/mol. The molecule has 3 N–H and O–H groups in total. The summed E-state index contributed by atoms with van der Waals surface area (Å²) < 4.78 is 28.8. The van der Waals surface area contributed by atoms with Crippen LogP contribution in [0.3, 0.4) is 0 Å². The number of sulfonamides is 1. The number of hydrogen-bond donors (Lipinski definition) is 2. The van der Waals surface area contributed by atoms with Crippen LogP contribution < -0.4 is 10.5 Å². The molecule has 21 heavy (non-hydrogen) atoms. The maximum Gasteiger partial charge on any atom is 0.240 e. The minimum absolute atomic E-state index is 0.208. The van der Waals surface area contributed by atoms with Crippen molar-refractivity contribution >= 4 is 15.7 Å². The molecule has 0 unspecified atom stereocenters. The predicted molar refractivity (Wildman–Crippen MR) is 82.3 cm³/mol. The Morgan fingerprint density at radius 1 is 1.38 bits per heavy atom. The van der Waals surface area contributed by atoms with Gasteiger partial charge in [0, 0.05) is 31.2 Å². The van der Waals surface area contributed by atoms with E-state index in [0.29, 0.717) is 18.7 Å². The standard InChI is InChI=1S/C14H20N4O2S/c1-2-12-4-5-13(10-14(12)15)21(19,20)17-6-3-8-18-9-7-16-11-18/h4-5,7,9-11,17H,2-3,6,8,15H2,1H3. The van der Waals surface area contributed by atoms with Crippen LogP contribution in [0.5, 0.6) is 0 Å². The number of imidazole rings is 1. The number of nitrogens with two attached hydrogens (primary N) is 1. The third kappa shape index (κ3) is 4.05. The van der Waals surface area contributed by atoms with Crippen LogP contribution in [0.15, 0.2) is 41.8 Å². The van der Waals surface area contributed by atoms with Gasteiger partial charge in [-0.3, -0.25) is 0 Å². The van der Waals surface area contributed by atoms with Crippen LogP contribution >= 0.6 is 0 Å². The molecular formula is C14H20N4O2S. The van der Waals surface area contributed by atoms with Gasteiger partial charge in [0.2, 0.25) is 10.0 Å². The second kappa shape index (κ2) is 6.73. The zero-order valence-corrected chi connectivity index (χ0v) is 12.8. The Bertz CT molecular complexity index is 681. The Labute approximate surface area is 125 Å². The Morgan fingerprint density at radius 3 is 2.81 bits per heavy atom. The number of nitrogen functional groups attached to an aromatic ring is 1. The van der Waals surface area contributed by atoms with Crippen molar-refractivity contribution in [1.82, 2.24) is 14.3 Å². The summed E-state index contributed by atoms with van der Waals surface area (Å²) in [6.45, 7) is 3.07. The van der Waals surface area contributed by atoms with Crippen LogP contribution in [0, 0.1) is 0 Å². The fourth-order valence-corrected chi connectivity index (χ4v) is 3.14. The molecule has 1 heterocycles. The molecule has 7 heteroatoms. The first-order valence-corrected chi connectivity index (χ1v) is 8.35. The first-order valence-electron chi connectivity index (χ1n) is 6.86.